The van der Waals surface area contributed by atoms with E-state index in [-0.39, 0.29) is 18.0 Å². The van der Waals surface area contributed by atoms with Crippen molar-refractivity contribution in [1.29, 1.82) is 5.26 Å². The number of carbonyl (C=O) groups excluding carboxylic acids is 1. The summed E-state index contributed by atoms with van der Waals surface area (Å²) in [5.74, 6) is -0.318. The quantitative estimate of drug-likeness (QED) is 0.774. The van der Waals surface area contributed by atoms with Gasteiger partial charge in [0.05, 0.1) is 11.1 Å². The number of aryl methyl sites for hydroxylation is 1. The predicted octanol–water partition coefficient (Wildman–Crippen LogP) is 4.30. The van der Waals surface area contributed by atoms with Crippen LogP contribution >= 0.6 is 0 Å². The van der Waals surface area contributed by atoms with Crippen molar-refractivity contribution in [1.82, 2.24) is 4.98 Å². The van der Waals surface area contributed by atoms with Gasteiger partial charge in [-0.25, -0.2) is 14.2 Å². The zero-order valence-electron chi connectivity index (χ0n) is 13.4. The Morgan fingerprint density at radius 2 is 2.04 bits per heavy atom. The number of aromatic nitrogens is 1. The van der Waals surface area contributed by atoms with Crippen LogP contribution in [0, 0.1) is 24.1 Å². The third-order valence-corrected chi connectivity index (χ3v) is 3.75. The van der Waals surface area contributed by atoms with Gasteiger partial charge in [0.2, 0.25) is 0 Å². The number of pyridine rings is 1. The fourth-order valence-electron chi connectivity index (χ4n) is 2.48. The maximum Gasteiger partial charge on any atom is 0.413 e. The molecule has 5 nitrogen and oxygen atoms in total. The number of ether oxygens (including phenoxy) is 1. The van der Waals surface area contributed by atoms with Gasteiger partial charge in [-0.15, -0.1) is 0 Å². The molecule has 0 saturated heterocycles. The minimum absolute atomic E-state index is 0.0946. The van der Waals surface area contributed by atoms with Crippen molar-refractivity contribution in [3.63, 3.8) is 0 Å². The van der Waals surface area contributed by atoms with Crippen molar-refractivity contribution in [2.24, 2.45) is 0 Å². The second-order valence-corrected chi connectivity index (χ2v) is 5.42. The van der Waals surface area contributed by atoms with Crippen molar-refractivity contribution in [2.75, 3.05) is 5.32 Å². The molecule has 0 radical (unpaired) electrons. The molecule has 0 fully saturated rings. The van der Waals surface area contributed by atoms with Crippen LogP contribution in [0.3, 0.4) is 0 Å². The average Bonchev–Trinajstić information content (AvgIpc) is 2.62. The second kappa shape index (κ2) is 6.97. The van der Waals surface area contributed by atoms with Gasteiger partial charge in [0.15, 0.2) is 5.82 Å². The Kier molecular flexibility index (Phi) is 4.57. The third kappa shape index (κ3) is 3.56. The molecule has 2 aromatic carbocycles. The lowest BCUT2D eigenvalue weighted by Gasteiger charge is -2.11. The van der Waals surface area contributed by atoms with Crippen LogP contribution in [-0.4, -0.2) is 11.1 Å². The topological polar surface area (TPSA) is 75.0 Å². The molecule has 1 amide bonds. The number of carbonyl (C=O) groups is 1. The Bertz CT molecular complexity index is 981. The molecule has 6 heteroatoms. The Morgan fingerprint density at radius 1 is 1.28 bits per heavy atom. The smallest absolute Gasteiger partial charge is 0.413 e. The molecule has 0 saturated carbocycles. The molecule has 1 N–H and O–H groups in total. The fraction of sp³-hybridized carbons (Fsp3) is 0.105. The van der Waals surface area contributed by atoms with Crippen molar-refractivity contribution in [3.05, 3.63) is 71.0 Å². The number of anilines is 1. The lowest BCUT2D eigenvalue weighted by molar-refractivity contribution is 0.155. The Balaban J connectivity index is 1.84. The number of nitriles is 1. The monoisotopic (exact) mass is 335 g/mol. The molecule has 0 aliphatic carbocycles. The van der Waals surface area contributed by atoms with Crippen molar-refractivity contribution in [3.8, 4) is 6.07 Å². The first-order valence-corrected chi connectivity index (χ1v) is 7.56. The van der Waals surface area contributed by atoms with Crippen LogP contribution in [-0.2, 0) is 11.3 Å². The Labute approximate surface area is 143 Å². The molecule has 3 rings (SSSR count). The highest BCUT2D eigenvalue weighted by atomic mass is 19.1. The minimum atomic E-state index is -0.714. The largest absolute Gasteiger partial charge is 0.444 e. The molecule has 0 atom stereocenters. The van der Waals surface area contributed by atoms with Crippen LogP contribution in [0.5, 0.6) is 0 Å². The molecular weight excluding hydrogens is 321 g/mol. The van der Waals surface area contributed by atoms with Gasteiger partial charge in [-0.3, -0.25) is 5.32 Å². The van der Waals surface area contributed by atoms with Gasteiger partial charge < -0.3 is 4.74 Å². The summed E-state index contributed by atoms with van der Waals surface area (Å²) in [6.07, 6.45) is -0.714. The van der Waals surface area contributed by atoms with Gasteiger partial charge >= 0.3 is 6.09 Å². The summed E-state index contributed by atoms with van der Waals surface area (Å²) in [5.41, 5.74) is 2.05. The van der Waals surface area contributed by atoms with E-state index in [4.69, 9.17) is 4.74 Å². The molecule has 1 aromatic heterocycles. The van der Waals surface area contributed by atoms with Gasteiger partial charge in [-0.05, 0) is 36.2 Å². The van der Waals surface area contributed by atoms with Crippen molar-refractivity contribution < 1.29 is 13.9 Å². The summed E-state index contributed by atoms with van der Waals surface area (Å²) in [5, 5.41) is 12.4. The predicted molar refractivity (Wildman–Crippen MR) is 91.4 cm³/mol. The number of amides is 1. The van der Waals surface area contributed by atoms with E-state index in [1.54, 1.807) is 6.92 Å². The van der Waals surface area contributed by atoms with Crippen LogP contribution in [0.15, 0.2) is 48.5 Å². The van der Waals surface area contributed by atoms with E-state index < -0.39 is 11.9 Å². The molecule has 3 aromatic rings. The summed E-state index contributed by atoms with van der Waals surface area (Å²) < 4.78 is 18.6. The van der Waals surface area contributed by atoms with Crippen LogP contribution in [0.4, 0.5) is 15.0 Å². The number of nitrogens with zero attached hydrogens (tertiary/aromatic N) is 2. The first kappa shape index (κ1) is 16.4. The first-order valence-electron chi connectivity index (χ1n) is 7.56. The summed E-state index contributed by atoms with van der Waals surface area (Å²) in [7, 11) is 0. The second-order valence-electron chi connectivity index (χ2n) is 5.42. The van der Waals surface area contributed by atoms with Crippen molar-refractivity contribution in [2.45, 2.75) is 13.5 Å². The number of halogens is 1. The van der Waals surface area contributed by atoms with Crippen LogP contribution in [0.25, 0.3) is 10.9 Å². The van der Waals surface area contributed by atoms with E-state index in [2.05, 4.69) is 10.3 Å². The number of hydrogen-bond acceptors (Lipinski definition) is 4. The number of rotatable bonds is 3. The van der Waals surface area contributed by atoms with E-state index in [1.165, 1.54) is 18.2 Å². The van der Waals surface area contributed by atoms with Gasteiger partial charge in [-0.2, -0.15) is 5.26 Å². The third-order valence-electron chi connectivity index (χ3n) is 3.75. The molecule has 1 heterocycles. The summed E-state index contributed by atoms with van der Waals surface area (Å²) in [6, 6.07) is 15.3. The van der Waals surface area contributed by atoms with E-state index >= 15 is 0 Å². The van der Waals surface area contributed by atoms with Crippen LogP contribution in [0.2, 0.25) is 0 Å². The molecule has 0 bridgehead atoms. The van der Waals surface area contributed by atoms with Crippen molar-refractivity contribution >= 4 is 22.8 Å². The van der Waals surface area contributed by atoms with Crippen LogP contribution in [0.1, 0.15) is 16.7 Å². The molecule has 0 aliphatic rings. The number of benzene rings is 2. The van der Waals surface area contributed by atoms with Gasteiger partial charge in [0.25, 0.3) is 0 Å². The molecule has 0 unspecified atom stereocenters. The molecular formula is C19H14FN3O2. The highest BCUT2D eigenvalue weighted by molar-refractivity contribution is 5.92. The van der Waals surface area contributed by atoms with E-state index in [0.717, 1.165) is 5.56 Å². The summed E-state index contributed by atoms with van der Waals surface area (Å²) in [4.78, 5) is 16.3. The zero-order chi connectivity index (χ0) is 17.8. The standard InChI is InChI=1S/C19H14FN3O2/c1-12-15-9-14(20)7-8-17(15)22-18(16(12)10-21)23-19(24)25-11-13-5-3-2-4-6-13/h2-9H,11H2,1H3,(H,22,23,24). The summed E-state index contributed by atoms with van der Waals surface area (Å²) in [6.45, 7) is 1.79. The minimum Gasteiger partial charge on any atom is -0.444 e. The Hall–Kier alpha value is -3.46. The Morgan fingerprint density at radius 3 is 2.76 bits per heavy atom. The average molecular weight is 335 g/mol. The maximum atomic E-state index is 13.4. The van der Waals surface area contributed by atoms with E-state index in [1.807, 2.05) is 36.4 Å². The van der Waals surface area contributed by atoms with Gasteiger partial charge in [0, 0.05) is 5.39 Å². The van der Waals surface area contributed by atoms with Crippen LogP contribution < -0.4 is 5.32 Å². The van der Waals surface area contributed by atoms with E-state index in [0.29, 0.717) is 16.5 Å². The molecule has 0 aliphatic heterocycles. The lowest BCUT2D eigenvalue weighted by Crippen LogP contribution is -2.16. The SMILES string of the molecule is Cc1c(C#N)c(NC(=O)OCc2ccccc2)nc2ccc(F)cc12. The lowest BCUT2D eigenvalue weighted by atomic mass is 10.0. The summed E-state index contributed by atoms with van der Waals surface area (Å²) >= 11 is 0. The number of nitrogens with one attached hydrogen (secondary N) is 1. The van der Waals surface area contributed by atoms with Gasteiger partial charge in [-0.1, -0.05) is 30.3 Å². The highest BCUT2D eigenvalue weighted by Gasteiger charge is 2.15. The van der Waals surface area contributed by atoms with E-state index in [9.17, 15) is 14.4 Å². The highest BCUT2D eigenvalue weighted by Crippen LogP contribution is 2.26. The number of hydrogen-bond donors (Lipinski definition) is 1. The molecule has 25 heavy (non-hydrogen) atoms. The fourth-order valence-corrected chi connectivity index (χ4v) is 2.48. The van der Waals surface area contributed by atoms with Gasteiger partial charge in [0.1, 0.15) is 18.5 Å². The molecule has 124 valence electrons. The maximum absolute atomic E-state index is 13.4. The zero-order valence-corrected chi connectivity index (χ0v) is 13.4. The first-order chi connectivity index (χ1) is 12.1. The molecule has 0 spiro atoms. The number of fused-ring (bicyclic) bond motifs is 1. The normalized spacial score (nSPS) is 10.3.